The zero-order valence-electron chi connectivity index (χ0n) is 30.8. The van der Waals surface area contributed by atoms with E-state index in [0.717, 1.165) is 55.7 Å². The van der Waals surface area contributed by atoms with Crippen LogP contribution in [0.1, 0.15) is 0 Å². The molecule has 266 valence electrons. The third-order valence-corrected chi connectivity index (χ3v) is 11.5. The standard InChI is InChI=1S/C53H33N3O/c1-3-12-34(13-4-1)36-22-26-49-42(30-36)43-31-37(35-14-5-2-6-15-35)23-27-50(43)56(49)53-21-11-18-46(54-53)38-24-28-51-44(32-38)45-33-39(25-29-52(45)57-51)55-47-19-9-7-16-40(47)41-17-8-10-20-48(41)55/h1-33H. The molecule has 0 atom stereocenters. The molecule has 0 amide bonds. The number of benzene rings is 8. The van der Waals surface area contributed by atoms with Crippen LogP contribution < -0.4 is 0 Å². The van der Waals surface area contributed by atoms with Crippen LogP contribution in [-0.2, 0) is 0 Å². The molecule has 4 nitrogen and oxygen atoms in total. The average molecular weight is 728 g/mol. The molecule has 0 aliphatic rings. The zero-order chi connectivity index (χ0) is 37.5. The Labute approximate surface area is 328 Å². The molecule has 0 aliphatic heterocycles. The molecule has 4 heterocycles. The first kappa shape index (κ1) is 31.6. The Morgan fingerprint density at radius 1 is 0.316 bits per heavy atom. The molecule has 57 heavy (non-hydrogen) atoms. The monoisotopic (exact) mass is 727 g/mol. The van der Waals surface area contributed by atoms with Crippen molar-refractivity contribution in [2.24, 2.45) is 0 Å². The molecule has 0 unspecified atom stereocenters. The fraction of sp³-hybridized carbons (Fsp3) is 0. The molecule has 0 N–H and O–H groups in total. The van der Waals surface area contributed by atoms with Gasteiger partial charge in [0.15, 0.2) is 0 Å². The Bertz CT molecular complexity index is 3370. The molecule has 0 spiro atoms. The van der Waals surface area contributed by atoms with E-state index in [0.29, 0.717) is 0 Å². The summed E-state index contributed by atoms with van der Waals surface area (Å²) >= 11 is 0. The highest BCUT2D eigenvalue weighted by molar-refractivity contribution is 6.12. The zero-order valence-corrected chi connectivity index (χ0v) is 30.8. The molecule has 12 aromatic rings. The average Bonchev–Trinajstić information content (AvgIpc) is 3.93. The molecule has 0 aliphatic carbocycles. The molecule has 4 aromatic heterocycles. The lowest BCUT2D eigenvalue weighted by Gasteiger charge is -2.10. The second-order valence-corrected chi connectivity index (χ2v) is 14.8. The highest BCUT2D eigenvalue weighted by atomic mass is 16.3. The Hall–Kier alpha value is -7.69. The minimum absolute atomic E-state index is 0.857. The topological polar surface area (TPSA) is 35.9 Å². The van der Waals surface area contributed by atoms with Gasteiger partial charge in [0.05, 0.1) is 27.8 Å². The van der Waals surface area contributed by atoms with Gasteiger partial charge in [0.1, 0.15) is 17.0 Å². The van der Waals surface area contributed by atoms with Crippen molar-refractivity contribution in [3.63, 3.8) is 0 Å². The molecule has 8 aromatic carbocycles. The van der Waals surface area contributed by atoms with Crippen LogP contribution in [0.15, 0.2) is 205 Å². The third kappa shape index (κ3) is 4.98. The maximum absolute atomic E-state index is 6.42. The summed E-state index contributed by atoms with van der Waals surface area (Å²) in [5.74, 6) is 0.873. The van der Waals surface area contributed by atoms with Crippen LogP contribution in [0.2, 0.25) is 0 Å². The molecule has 0 saturated carbocycles. The van der Waals surface area contributed by atoms with Gasteiger partial charge in [-0.25, -0.2) is 4.98 Å². The number of furan rings is 1. The molecule has 4 heteroatoms. The van der Waals surface area contributed by atoms with Crippen LogP contribution in [-0.4, -0.2) is 14.1 Å². The van der Waals surface area contributed by atoms with Crippen molar-refractivity contribution >= 4 is 65.6 Å². The number of pyridine rings is 1. The summed E-state index contributed by atoms with van der Waals surface area (Å²) in [6.45, 7) is 0. The predicted octanol–water partition coefficient (Wildman–Crippen LogP) is 14.2. The Kier molecular flexibility index (Phi) is 6.89. The summed E-state index contributed by atoms with van der Waals surface area (Å²) in [5, 5.41) is 7.03. The summed E-state index contributed by atoms with van der Waals surface area (Å²) in [4.78, 5) is 5.37. The van der Waals surface area contributed by atoms with Gasteiger partial charge in [0, 0.05) is 43.6 Å². The molecule has 0 radical (unpaired) electrons. The molecular formula is C53H33N3O. The van der Waals surface area contributed by atoms with E-state index < -0.39 is 0 Å². The number of hydrogen-bond donors (Lipinski definition) is 0. The third-order valence-electron chi connectivity index (χ3n) is 11.5. The van der Waals surface area contributed by atoms with Crippen molar-refractivity contribution < 1.29 is 4.42 Å². The van der Waals surface area contributed by atoms with Gasteiger partial charge in [-0.3, -0.25) is 4.57 Å². The van der Waals surface area contributed by atoms with E-state index in [2.05, 4.69) is 209 Å². The number of para-hydroxylation sites is 2. The van der Waals surface area contributed by atoms with Gasteiger partial charge in [-0.1, -0.05) is 115 Å². The Balaban J connectivity index is 1.01. The van der Waals surface area contributed by atoms with Crippen molar-refractivity contribution in [1.29, 1.82) is 0 Å². The van der Waals surface area contributed by atoms with E-state index >= 15 is 0 Å². The fourth-order valence-electron chi connectivity index (χ4n) is 8.86. The van der Waals surface area contributed by atoms with E-state index in [9.17, 15) is 0 Å². The van der Waals surface area contributed by atoms with Crippen LogP contribution in [0.5, 0.6) is 0 Å². The smallest absolute Gasteiger partial charge is 0.138 e. The van der Waals surface area contributed by atoms with Crippen LogP contribution >= 0.6 is 0 Å². The quantitative estimate of drug-likeness (QED) is 0.177. The van der Waals surface area contributed by atoms with Crippen LogP contribution in [0.3, 0.4) is 0 Å². The summed E-state index contributed by atoms with van der Waals surface area (Å²) in [6.07, 6.45) is 0. The van der Waals surface area contributed by atoms with E-state index in [-0.39, 0.29) is 0 Å². The first-order chi connectivity index (χ1) is 28.2. The number of fused-ring (bicyclic) bond motifs is 9. The lowest BCUT2D eigenvalue weighted by molar-refractivity contribution is 0.669. The summed E-state index contributed by atoms with van der Waals surface area (Å²) in [5.41, 5.74) is 14.1. The van der Waals surface area contributed by atoms with Crippen LogP contribution in [0.4, 0.5) is 0 Å². The number of hydrogen-bond acceptors (Lipinski definition) is 2. The van der Waals surface area contributed by atoms with Gasteiger partial charge in [-0.2, -0.15) is 0 Å². The normalized spacial score (nSPS) is 11.9. The van der Waals surface area contributed by atoms with E-state index in [1.807, 2.05) is 0 Å². The van der Waals surface area contributed by atoms with Crippen molar-refractivity contribution in [3.8, 4) is 45.0 Å². The van der Waals surface area contributed by atoms with E-state index in [1.54, 1.807) is 0 Å². The highest BCUT2D eigenvalue weighted by Gasteiger charge is 2.18. The molecule has 0 saturated heterocycles. The molecule has 0 fully saturated rings. The predicted molar refractivity (Wildman–Crippen MR) is 237 cm³/mol. The lowest BCUT2D eigenvalue weighted by atomic mass is 10.0. The molecule has 12 rings (SSSR count). The first-order valence-electron chi connectivity index (χ1n) is 19.4. The minimum Gasteiger partial charge on any atom is -0.456 e. The number of aromatic nitrogens is 3. The molecule has 0 bridgehead atoms. The van der Waals surface area contributed by atoms with Gasteiger partial charge in [0.2, 0.25) is 0 Å². The highest BCUT2D eigenvalue weighted by Crippen LogP contribution is 2.39. The second-order valence-electron chi connectivity index (χ2n) is 14.8. The van der Waals surface area contributed by atoms with Crippen molar-refractivity contribution in [2.45, 2.75) is 0 Å². The second kappa shape index (κ2) is 12.4. The van der Waals surface area contributed by atoms with E-state index in [4.69, 9.17) is 9.40 Å². The van der Waals surface area contributed by atoms with Gasteiger partial charge < -0.3 is 8.98 Å². The maximum Gasteiger partial charge on any atom is 0.138 e. The van der Waals surface area contributed by atoms with Crippen molar-refractivity contribution in [2.75, 3.05) is 0 Å². The Morgan fingerprint density at radius 3 is 1.46 bits per heavy atom. The van der Waals surface area contributed by atoms with Gasteiger partial charge >= 0.3 is 0 Å². The fourth-order valence-corrected chi connectivity index (χ4v) is 8.86. The van der Waals surface area contributed by atoms with E-state index in [1.165, 1.54) is 54.8 Å². The minimum atomic E-state index is 0.857. The SMILES string of the molecule is c1ccc(-c2ccc3c(c2)c2cc(-c4ccccc4)ccc2n3-c2cccc(-c3ccc4oc5ccc(-n6c7ccccc7c7ccccc76)cc5c4c3)n2)cc1. The lowest BCUT2D eigenvalue weighted by Crippen LogP contribution is -1.98. The first-order valence-corrected chi connectivity index (χ1v) is 19.4. The summed E-state index contributed by atoms with van der Waals surface area (Å²) in [6, 6.07) is 71.3. The summed E-state index contributed by atoms with van der Waals surface area (Å²) in [7, 11) is 0. The molecular weight excluding hydrogens is 695 g/mol. The number of rotatable bonds is 5. The van der Waals surface area contributed by atoms with Crippen LogP contribution in [0, 0.1) is 0 Å². The number of nitrogens with zero attached hydrogens (tertiary/aromatic N) is 3. The van der Waals surface area contributed by atoms with Crippen LogP contribution in [0.25, 0.3) is 111 Å². The maximum atomic E-state index is 6.42. The Morgan fingerprint density at radius 2 is 0.825 bits per heavy atom. The van der Waals surface area contributed by atoms with Crippen molar-refractivity contribution in [3.05, 3.63) is 200 Å². The largest absolute Gasteiger partial charge is 0.456 e. The van der Waals surface area contributed by atoms with Gasteiger partial charge in [-0.15, -0.1) is 0 Å². The van der Waals surface area contributed by atoms with Crippen molar-refractivity contribution in [1.82, 2.24) is 14.1 Å². The van der Waals surface area contributed by atoms with Gasteiger partial charge in [0.25, 0.3) is 0 Å². The van der Waals surface area contributed by atoms with Gasteiger partial charge in [-0.05, 0) is 107 Å². The summed E-state index contributed by atoms with van der Waals surface area (Å²) < 4.78 is 11.1.